The summed E-state index contributed by atoms with van der Waals surface area (Å²) in [5, 5.41) is 0. The molecule has 0 radical (unpaired) electrons. The zero-order valence-corrected chi connectivity index (χ0v) is 7.33. The Kier molecular flexibility index (Phi) is 2.82. The molecular formula is C9H13N3. The lowest BCUT2D eigenvalue weighted by Crippen LogP contribution is -2.30. The van der Waals surface area contributed by atoms with Crippen molar-refractivity contribution in [2.24, 2.45) is 10.8 Å². The average Bonchev–Trinajstić information content (AvgIpc) is 2.07. The Labute approximate surface area is 72.3 Å². The number of hydrazine groups is 1. The minimum Gasteiger partial charge on any atom is -0.308 e. The molecule has 1 aromatic carbocycles. The molecule has 1 rings (SSSR count). The molecule has 0 aromatic heterocycles. The number of nitrogens with zero attached hydrogens (tertiary/aromatic N) is 1. The standard InChI is InChI=1S/C9H13N3/c1-7-4-3-5-8(6-7)9(11-2)12-10/h3-6H,10H2,1-2H3,(H,11,12). The Morgan fingerprint density at radius 3 is 2.75 bits per heavy atom. The van der Waals surface area contributed by atoms with E-state index in [1.165, 1.54) is 5.56 Å². The van der Waals surface area contributed by atoms with Gasteiger partial charge in [0.1, 0.15) is 5.84 Å². The zero-order chi connectivity index (χ0) is 8.97. The maximum atomic E-state index is 5.28. The van der Waals surface area contributed by atoms with Crippen molar-refractivity contribution in [2.75, 3.05) is 7.05 Å². The molecule has 3 nitrogen and oxygen atoms in total. The molecule has 0 saturated heterocycles. The van der Waals surface area contributed by atoms with E-state index in [4.69, 9.17) is 5.84 Å². The number of aryl methyl sites for hydroxylation is 1. The largest absolute Gasteiger partial charge is 0.308 e. The summed E-state index contributed by atoms with van der Waals surface area (Å²) in [7, 11) is 1.71. The van der Waals surface area contributed by atoms with Crippen LogP contribution in [0.4, 0.5) is 0 Å². The molecule has 0 aliphatic heterocycles. The maximum absolute atomic E-state index is 5.28. The molecule has 0 fully saturated rings. The first-order valence-electron chi connectivity index (χ1n) is 3.78. The third-order valence-corrected chi connectivity index (χ3v) is 1.65. The third kappa shape index (κ3) is 1.83. The Morgan fingerprint density at radius 2 is 2.25 bits per heavy atom. The monoisotopic (exact) mass is 163 g/mol. The highest BCUT2D eigenvalue weighted by molar-refractivity contribution is 5.98. The topological polar surface area (TPSA) is 50.4 Å². The van der Waals surface area contributed by atoms with E-state index >= 15 is 0 Å². The summed E-state index contributed by atoms with van der Waals surface area (Å²) in [4.78, 5) is 4.00. The van der Waals surface area contributed by atoms with Crippen molar-refractivity contribution in [3.05, 3.63) is 35.4 Å². The van der Waals surface area contributed by atoms with E-state index in [1.54, 1.807) is 7.05 Å². The molecule has 1 aromatic rings. The smallest absolute Gasteiger partial charge is 0.142 e. The van der Waals surface area contributed by atoms with E-state index in [0.717, 1.165) is 5.56 Å². The minimum absolute atomic E-state index is 0.707. The fraction of sp³-hybridized carbons (Fsp3) is 0.222. The number of amidine groups is 1. The van der Waals surface area contributed by atoms with Crippen LogP contribution in [0.1, 0.15) is 11.1 Å². The van der Waals surface area contributed by atoms with Gasteiger partial charge in [-0.2, -0.15) is 0 Å². The fourth-order valence-electron chi connectivity index (χ4n) is 1.07. The van der Waals surface area contributed by atoms with Gasteiger partial charge in [-0.3, -0.25) is 4.99 Å². The number of hydrogen-bond acceptors (Lipinski definition) is 2. The van der Waals surface area contributed by atoms with Crippen LogP contribution in [0.5, 0.6) is 0 Å². The van der Waals surface area contributed by atoms with Crippen LogP contribution in [-0.2, 0) is 0 Å². The molecule has 0 unspecified atom stereocenters. The molecule has 0 saturated carbocycles. The number of aliphatic imine (C=N–C) groups is 1. The predicted octanol–water partition coefficient (Wildman–Crippen LogP) is 0.835. The number of hydrogen-bond donors (Lipinski definition) is 2. The Hall–Kier alpha value is -1.35. The SMILES string of the molecule is CN=C(NN)c1cccc(C)c1. The molecular weight excluding hydrogens is 150 g/mol. The summed E-state index contributed by atoms with van der Waals surface area (Å²) in [6, 6.07) is 8.01. The van der Waals surface area contributed by atoms with Crippen LogP contribution in [0.3, 0.4) is 0 Å². The Bertz CT molecular complexity index is 292. The van der Waals surface area contributed by atoms with Crippen LogP contribution in [-0.4, -0.2) is 12.9 Å². The second kappa shape index (κ2) is 3.88. The van der Waals surface area contributed by atoms with Crippen molar-refractivity contribution < 1.29 is 0 Å². The van der Waals surface area contributed by atoms with Gasteiger partial charge in [0.25, 0.3) is 0 Å². The van der Waals surface area contributed by atoms with Crippen LogP contribution in [0.2, 0.25) is 0 Å². The quantitative estimate of drug-likeness (QED) is 0.279. The predicted molar refractivity (Wildman–Crippen MR) is 51.0 cm³/mol. The van der Waals surface area contributed by atoms with Gasteiger partial charge in [-0.05, 0) is 13.0 Å². The van der Waals surface area contributed by atoms with Gasteiger partial charge in [-0.25, -0.2) is 5.84 Å². The lowest BCUT2D eigenvalue weighted by molar-refractivity contribution is 1.02. The highest BCUT2D eigenvalue weighted by Crippen LogP contribution is 2.03. The molecule has 3 N–H and O–H groups in total. The van der Waals surface area contributed by atoms with E-state index in [1.807, 2.05) is 31.2 Å². The minimum atomic E-state index is 0.707. The van der Waals surface area contributed by atoms with Gasteiger partial charge in [0, 0.05) is 12.6 Å². The highest BCUT2D eigenvalue weighted by atomic mass is 15.2. The molecule has 0 aliphatic rings. The molecule has 0 atom stereocenters. The number of benzene rings is 1. The lowest BCUT2D eigenvalue weighted by Gasteiger charge is -2.04. The maximum Gasteiger partial charge on any atom is 0.142 e. The van der Waals surface area contributed by atoms with Gasteiger partial charge in [-0.15, -0.1) is 0 Å². The summed E-state index contributed by atoms with van der Waals surface area (Å²) in [6.45, 7) is 2.04. The van der Waals surface area contributed by atoms with Gasteiger partial charge in [0.15, 0.2) is 0 Å². The molecule has 0 amide bonds. The highest BCUT2D eigenvalue weighted by Gasteiger charge is 1.98. The zero-order valence-electron chi connectivity index (χ0n) is 7.33. The van der Waals surface area contributed by atoms with Crippen molar-refractivity contribution in [1.82, 2.24) is 5.43 Å². The Balaban J connectivity index is 3.02. The van der Waals surface area contributed by atoms with Crippen molar-refractivity contribution >= 4 is 5.84 Å². The number of nitrogens with two attached hydrogens (primary N) is 1. The van der Waals surface area contributed by atoms with Gasteiger partial charge in [0.2, 0.25) is 0 Å². The van der Waals surface area contributed by atoms with Crippen LogP contribution >= 0.6 is 0 Å². The second-order valence-corrected chi connectivity index (χ2v) is 2.59. The first kappa shape index (κ1) is 8.74. The van der Waals surface area contributed by atoms with Gasteiger partial charge >= 0.3 is 0 Å². The van der Waals surface area contributed by atoms with Crippen molar-refractivity contribution in [3.63, 3.8) is 0 Å². The summed E-state index contributed by atoms with van der Waals surface area (Å²) in [5.74, 6) is 5.99. The van der Waals surface area contributed by atoms with Gasteiger partial charge in [-0.1, -0.05) is 23.8 Å². The molecule has 0 aliphatic carbocycles. The number of nitrogens with one attached hydrogen (secondary N) is 1. The fourth-order valence-corrected chi connectivity index (χ4v) is 1.07. The first-order valence-corrected chi connectivity index (χ1v) is 3.78. The van der Waals surface area contributed by atoms with E-state index < -0.39 is 0 Å². The second-order valence-electron chi connectivity index (χ2n) is 2.59. The van der Waals surface area contributed by atoms with E-state index in [-0.39, 0.29) is 0 Å². The van der Waals surface area contributed by atoms with Gasteiger partial charge < -0.3 is 5.43 Å². The normalized spacial score (nSPS) is 11.4. The summed E-state index contributed by atoms with van der Waals surface area (Å²) in [5.41, 5.74) is 4.76. The van der Waals surface area contributed by atoms with E-state index in [0.29, 0.717) is 5.84 Å². The Morgan fingerprint density at radius 1 is 1.50 bits per heavy atom. The molecule has 3 heteroatoms. The summed E-state index contributed by atoms with van der Waals surface area (Å²) >= 11 is 0. The summed E-state index contributed by atoms with van der Waals surface area (Å²) in [6.07, 6.45) is 0. The van der Waals surface area contributed by atoms with Crippen molar-refractivity contribution in [1.29, 1.82) is 0 Å². The lowest BCUT2D eigenvalue weighted by atomic mass is 10.1. The van der Waals surface area contributed by atoms with Crippen molar-refractivity contribution in [2.45, 2.75) is 6.92 Å². The average molecular weight is 163 g/mol. The van der Waals surface area contributed by atoms with E-state index in [2.05, 4.69) is 10.4 Å². The third-order valence-electron chi connectivity index (χ3n) is 1.65. The van der Waals surface area contributed by atoms with Crippen LogP contribution < -0.4 is 11.3 Å². The van der Waals surface area contributed by atoms with Crippen LogP contribution in [0.25, 0.3) is 0 Å². The van der Waals surface area contributed by atoms with Crippen LogP contribution in [0.15, 0.2) is 29.3 Å². The van der Waals surface area contributed by atoms with Crippen molar-refractivity contribution in [3.8, 4) is 0 Å². The first-order chi connectivity index (χ1) is 5.77. The molecule has 0 heterocycles. The molecule has 0 spiro atoms. The molecule has 64 valence electrons. The molecule has 0 bridgehead atoms. The summed E-state index contributed by atoms with van der Waals surface area (Å²) < 4.78 is 0. The number of rotatable bonds is 1. The van der Waals surface area contributed by atoms with E-state index in [9.17, 15) is 0 Å². The van der Waals surface area contributed by atoms with Crippen LogP contribution in [0, 0.1) is 6.92 Å². The van der Waals surface area contributed by atoms with Gasteiger partial charge in [0.05, 0.1) is 0 Å². The molecule has 12 heavy (non-hydrogen) atoms.